The van der Waals surface area contributed by atoms with Crippen LogP contribution in [0.4, 0.5) is 0 Å². The van der Waals surface area contributed by atoms with Gasteiger partial charge in [0.25, 0.3) is 0 Å². The van der Waals surface area contributed by atoms with Crippen LogP contribution >= 0.6 is 0 Å². The van der Waals surface area contributed by atoms with Gasteiger partial charge in [-0.2, -0.15) is 0 Å². The van der Waals surface area contributed by atoms with E-state index in [0.29, 0.717) is 0 Å². The van der Waals surface area contributed by atoms with Crippen molar-refractivity contribution in [3.8, 4) is 0 Å². The fourth-order valence-corrected chi connectivity index (χ4v) is 1.09. The monoisotopic (exact) mass is 128 g/mol. The van der Waals surface area contributed by atoms with E-state index >= 15 is 0 Å². The molecule has 3 nitrogen and oxygen atoms in total. The maximum absolute atomic E-state index is 11.0. The number of nitrogens with zero attached hydrogens (tertiary/aromatic N) is 1. The second kappa shape index (κ2) is 2.35. The minimum absolute atomic E-state index is 0.0787. The van der Waals surface area contributed by atoms with Crippen molar-refractivity contribution in [3.63, 3.8) is 0 Å². The first-order valence-corrected chi connectivity index (χ1v) is 3.18. The Labute approximate surface area is 55.0 Å². The standard InChI is InChI=1S/C6H12N2O/c1-7-5-3-4-8(2)6(5)9/h5,7H,3-4H2,1-2H3. The molecule has 0 saturated carbocycles. The third-order valence-corrected chi connectivity index (χ3v) is 1.78. The van der Waals surface area contributed by atoms with E-state index in [1.165, 1.54) is 0 Å². The van der Waals surface area contributed by atoms with Gasteiger partial charge in [-0.15, -0.1) is 0 Å². The Morgan fingerprint density at radius 1 is 1.78 bits per heavy atom. The Kier molecular flexibility index (Phi) is 1.71. The highest BCUT2D eigenvalue weighted by Crippen LogP contribution is 2.06. The van der Waals surface area contributed by atoms with Gasteiger partial charge in [0, 0.05) is 13.6 Å². The molecule has 0 aromatic rings. The number of carbonyl (C=O) groups excluding carboxylic acids is 1. The minimum atomic E-state index is 0.0787. The third-order valence-electron chi connectivity index (χ3n) is 1.78. The molecule has 3 heteroatoms. The van der Waals surface area contributed by atoms with Crippen LogP contribution in [0.2, 0.25) is 0 Å². The van der Waals surface area contributed by atoms with E-state index in [0.717, 1.165) is 13.0 Å². The predicted octanol–water partition coefficient (Wildman–Crippen LogP) is -0.563. The molecule has 0 aliphatic carbocycles. The van der Waals surface area contributed by atoms with Gasteiger partial charge in [0.05, 0.1) is 6.04 Å². The fraction of sp³-hybridized carbons (Fsp3) is 0.833. The molecule has 0 radical (unpaired) electrons. The summed E-state index contributed by atoms with van der Waals surface area (Å²) in [6, 6.07) is 0.0787. The average Bonchev–Trinajstić information content (AvgIpc) is 2.15. The molecule has 1 fully saturated rings. The van der Waals surface area contributed by atoms with Crippen LogP contribution in [0.15, 0.2) is 0 Å². The van der Waals surface area contributed by atoms with Gasteiger partial charge in [0.2, 0.25) is 5.91 Å². The summed E-state index contributed by atoms with van der Waals surface area (Å²) < 4.78 is 0. The maximum Gasteiger partial charge on any atom is 0.239 e. The molecule has 0 spiro atoms. The van der Waals surface area contributed by atoms with Crippen molar-refractivity contribution in [2.24, 2.45) is 0 Å². The van der Waals surface area contributed by atoms with Gasteiger partial charge in [-0.05, 0) is 13.5 Å². The lowest BCUT2D eigenvalue weighted by Crippen LogP contribution is -2.34. The molecule has 1 aliphatic heterocycles. The van der Waals surface area contributed by atoms with Crippen molar-refractivity contribution in [1.82, 2.24) is 10.2 Å². The van der Waals surface area contributed by atoms with E-state index in [-0.39, 0.29) is 11.9 Å². The van der Waals surface area contributed by atoms with Crippen LogP contribution in [0.1, 0.15) is 6.42 Å². The zero-order valence-corrected chi connectivity index (χ0v) is 5.85. The van der Waals surface area contributed by atoms with Crippen molar-refractivity contribution in [2.75, 3.05) is 20.6 Å². The molecule has 1 saturated heterocycles. The van der Waals surface area contributed by atoms with E-state index in [1.54, 1.807) is 4.90 Å². The number of hydrogen-bond donors (Lipinski definition) is 1. The topological polar surface area (TPSA) is 32.3 Å². The first-order chi connectivity index (χ1) is 4.25. The van der Waals surface area contributed by atoms with Gasteiger partial charge >= 0.3 is 0 Å². The van der Waals surface area contributed by atoms with Crippen LogP contribution in [-0.2, 0) is 4.79 Å². The minimum Gasteiger partial charge on any atom is -0.344 e. The largest absolute Gasteiger partial charge is 0.344 e. The van der Waals surface area contributed by atoms with Crippen LogP contribution in [-0.4, -0.2) is 37.5 Å². The molecule has 1 unspecified atom stereocenters. The fourth-order valence-electron chi connectivity index (χ4n) is 1.09. The molecule has 0 bridgehead atoms. The molecule has 1 amide bonds. The van der Waals surface area contributed by atoms with Gasteiger partial charge in [-0.25, -0.2) is 0 Å². The first-order valence-electron chi connectivity index (χ1n) is 3.18. The summed E-state index contributed by atoms with van der Waals surface area (Å²) in [7, 11) is 3.65. The summed E-state index contributed by atoms with van der Waals surface area (Å²) in [6.07, 6.45) is 0.950. The molecule has 9 heavy (non-hydrogen) atoms. The summed E-state index contributed by atoms with van der Waals surface area (Å²) in [6.45, 7) is 0.893. The lowest BCUT2D eigenvalue weighted by Gasteiger charge is -2.07. The van der Waals surface area contributed by atoms with Crippen molar-refractivity contribution in [3.05, 3.63) is 0 Å². The first kappa shape index (κ1) is 6.55. The lowest BCUT2D eigenvalue weighted by atomic mass is 10.3. The highest BCUT2D eigenvalue weighted by molar-refractivity contribution is 5.83. The van der Waals surface area contributed by atoms with Crippen LogP contribution in [0.25, 0.3) is 0 Å². The second-order valence-corrected chi connectivity index (χ2v) is 2.39. The van der Waals surface area contributed by atoms with Crippen LogP contribution in [0, 0.1) is 0 Å². The number of carbonyl (C=O) groups is 1. The quantitative estimate of drug-likeness (QED) is 0.513. The van der Waals surface area contributed by atoms with Crippen molar-refractivity contribution >= 4 is 5.91 Å². The van der Waals surface area contributed by atoms with Crippen LogP contribution in [0.5, 0.6) is 0 Å². The highest BCUT2D eigenvalue weighted by Gasteiger charge is 2.26. The zero-order chi connectivity index (χ0) is 6.85. The molecule has 1 atom stereocenters. The van der Waals surface area contributed by atoms with E-state index in [1.807, 2.05) is 14.1 Å². The lowest BCUT2D eigenvalue weighted by molar-refractivity contribution is -0.128. The third kappa shape index (κ3) is 1.05. The van der Waals surface area contributed by atoms with Crippen LogP contribution in [0.3, 0.4) is 0 Å². The summed E-state index contributed by atoms with van der Waals surface area (Å²) in [5, 5.41) is 2.95. The van der Waals surface area contributed by atoms with E-state index in [9.17, 15) is 4.79 Å². The number of likely N-dealkylation sites (N-methyl/N-ethyl adjacent to an activating group) is 2. The predicted molar refractivity (Wildman–Crippen MR) is 35.1 cm³/mol. The van der Waals surface area contributed by atoms with Crippen molar-refractivity contribution in [2.45, 2.75) is 12.5 Å². The second-order valence-electron chi connectivity index (χ2n) is 2.39. The Bertz CT molecular complexity index is 124. The van der Waals surface area contributed by atoms with Gasteiger partial charge in [0.15, 0.2) is 0 Å². The molecule has 1 heterocycles. The molecule has 1 N–H and O–H groups in total. The van der Waals surface area contributed by atoms with Gasteiger partial charge in [-0.3, -0.25) is 4.79 Å². The SMILES string of the molecule is CNC1CCN(C)C1=O. The van der Waals surface area contributed by atoms with Crippen LogP contribution < -0.4 is 5.32 Å². The Morgan fingerprint density at radius 3 is 2.67 bits per heavy atom. The summed E-state index contributed by atoms with van der Waals surface area (Å²) in [5.41, 5.74) is 0. The average molecular weight is 128 g/mol. The Hall–Kier alpha value is -0.570. The number of hydrogen-bond acceptors (Lipinski definition) is 2. The maximum atomic E-state index is 11.0. The summed E-state index contributed by atoms with van der Waals surface area (Å²) in [5.74, 6) is 0.220. The smallest absolute Gasteiger partial charge is 0.239 e. The van der Waals surface area contributed by atoms with Gasteiger partial charge in [0.1, 0.15) is 0 Å². The molecular formula is C6H12N2O. The van der Waals surface area contributed by atoms with E-state index in [2.05, 4.69) is 5.32 Å². The summed E-state index contributed by atoms with van der Waals surface area (Å²) >= 11 is 0. The number of nitrogens with one attached hydrogen (secondary N) is 1. The number of rotatable bonds is 1. The number of amides is 1. The van der Waals surface area contributed by atoms with Crippen molar-refractivity contribution in [1.29, 1.82) is 0 Å². The molecule has 0 aromatic heterocycles. The zero-order valence-electron chi connectivity index (χ0n) is 5.85. The molecule has 1 aliphatic rings. The number of likely N-dealkylation sites (tertiary alicyclic amines) is 1. The van der Waals surface area contributed by atoms with E-state index < -0.39 is 0 Å². The highest BCUT2D eigenvalue weighted by atomic mass is 16.2. The van der Waals surface area contributed by atoms with Gasteiger partial charge < -0.3 is 10.2 Å². The molecule has 0 aromatic carbocycles. The summed E-state index contributed by atoms with van der Waals surface area (Å²) in [4.78, 5) is 12.8. The molecule has 1 rings (SSSR count). The van der Waals surface area contributed by atoms with E-state index in [4.69, 9.17) is 0 Å². The van der Waals surface area contributed by atoms with Gasteiger partial charge in [-0.1, -0.05) is 0 Å². The Balaban J connectivity index is 2.51. The van der Waals surface area contributed by atoms with Crippen molar-refractivity contribution < 1.29 is 4.79 Å². The molecular weight excluding hydrogens is 116 g/mol. The normalized spacial score (nSPS) is 27.6. The molecule has 52 valence electrons. The Morgan fingerprint density at radius 2 is 2.44 bits per heavy atom.